The van der Waals surface area contributed by atoms with Crippen LogP contribution in [0.2, 0.25) is 0 Å². The number of amides is 2. The summed E-state index contributed by atoms with van der Waals surface area (Å²) in [5, 5.41) is 2.72. The van der Waals surface area contributed by atoms with Crippen molar-refractivity contribution in [1.29, 1.82) is 0 Å². The Bertz CT molecular complexity index is 977. The van der Waals surface area contributed by atoms with Crippen LogP contribution < -0.4 is 19.7 Å². The molecule has 2 aromatic carbocycles. The first kappa shape index (κ1) is 22.5. The number of alkyl halides is 3. The topological polar surface area (TPSA) is 67.9 Å². The Labute approximate surface area is 177 Å². The zero-order valence-electron chi connectivity index (χ0n) is 17.3. The molecule has 1 fully saturated rings. The fourth-order valence-electron chi connectivity index (χ4n) is 3.52. The standard InChI is InChI=1S/C22H23F3N2O4/c1-13(14-5-4-6-16(9-14)22(23,24)25)26-21(29)15-10-20(28)27(12-15)18-8-7-17(30-2)11-19(18)31-3/h4-9,11,13,15H,10,12H2,1-3H3,(H,26,29)/t13-,15-/m0/s1. The van der Waals surface area contributed by atoms with Crippen molar-refractivity contribution in [2.75, 3.05) is 25.7 Å². The summed E-state index contributed by atoms with van der Waals surface area (Å²) in [6.07, 6.45) is -4.47. The maximum atomic E-state index is 12.9. The van der Waals surface area contributed by atoms with Crippen molar-refractivity contribution >= 4 is 17.5 Å². The zero-order valence-corrected chi connectivity index (χ0v) is 17.3. The summed E-state index contributed by atoms with van der Waals surface area (Å²) >= 11 is 0. The number of halogens is 3. The third kappa shape index (κ3) is 4.92. The van der Waals surface area contributed by atoms with Crippen LogP contribution in [0.4, 0.5) is 18.9 Å². The van der Waals surface area contributed by atoms with Crippen LogP contribution in [-0.2, 0) is 15.8 Å². The van der Waals surface area contributed by atoms with E-state index in [0.29, 0.717) is 22.7 Å². The number of hydrogen-bond acceptors (Lipinski definition) is 4. The molecule has 1 aliphatic rings. The van der Waals surface area contributed by atoms with E-state index in [1.165, 1.54) is 31.3 Å². The van der Waals surface area contributed by atoms with E-state index in [1.807, 2.05) is 0 Å². The lowest BCUT2D eigenvalue weighted by Crippen LogP contribution is -2.34. The van der Waals surface area contributed by atoms with Crippen molar-refractivity contribution in [2.24, 2.45) is 5.92 Å². The van der Waals surface area contributed by atoms with Crippen LogP contribution in [0, 0.1) is 5.92 Å². The number of hydrogen-bond donors (Lipinski definition) is 1. The predicted octanol–water partition coefficient (Wildman–Crippen LogP) is 3.95. The van der Waals surface area contributed by atoms with Crippen LogP contribution in [0.25, 0.3) is 0 Å². The number of methoxy groups -OCH3 is 2. The molecule has 0 aromatic heterocycles. The number of nitrogens with zero attached hydrogens (tertiary/aromatic N) is 1. The van der Waals surface area contributed by atoms with Gasteiger partial charge in [-0.1, -0.05) is 12.1 Å². The molecule has 1 N–H and O–H groups in total. The van der Waals surface area contributed by atoms with Crippen LogP contribution in [0.1, 0.15) is 30.5 Å². The molecule has 0 saturated carbocycles. The first-order valence-corrected chi connectivity index (χ1v) is 9.64. The highest BCUT2D eigenvalue weighted by Crippen LogP contribution is 2.36. The van der Waals surface area contributed by atoms with Gasteiger partial charge in [-0.05, 0) is 36.8 Å². The summed E-state index contributed by atoms with van der Waals surface area (Å²) < 4.78 is 49.3. The fraction of sp³-hybridized carbons (Fsp3) is 0.364. The molecule has 31 heavy (non-hydrogen) atoms. The number of nitrogens with one attached hydrogen (secondary N) is 1. The second kappa shape index (κ2) is 8.87. The number of carbonyl (C=O) groups excluding carboxylic acids is 2. The second-order valence-electron chi connectivity index (χ2n) is 7.30. The van der Waals surface area contributed by atoms with Gasteiger partial charge in [0, 0.05) is 19.0 Å². The highest BCUT2D eigenvalue weighted by Gasteiger charge is 2.37. The van der Waals surface area contributed by atoms with E-state index < -0.39 is 29.6 Å². The zero-order chi connectivity index (χ0) is 22.8. The maximum absolute atomic E-state index is 12.9. The van der Waals surface area contributed by atoms with E-state index in [2.05, 4.69) is 5.32 Å². The van der Waals surface area contributed by atoms with Gasteiger partial charge in [0.05, 0.1) is 37.4 Å². The van der Waals surface area contributed by atoms with Gasteiger partial charge in [0.1, 0.15) is 11.5 Å². The number of carbonyl (C=O) groups is 2. The molecule has 1 aliphatic heterocycles. The quantitative estimate of drug-likeness (QED) is 0.745. The van der Waals surface area contributed by atoms with Crippen molar-refractivity contribution in [3.8, 4) is 11.5 Å². The van der Waals surface area contributed by atoms with Gasteiger partial charge < -0.3 is 19.7 Å². The molecule has 6 nitrogen and oxygen atoms in total. The maximum Gasteiger partial charge on any atom is 0.416 e. The Morgan fingerprint density at radius 3 is 2.55 bits per heavy atom. The summed E-state index contributed by atoms with van der Waals surface area (Å²) in [5.41, 5.74) is 0.0793. The van der Waals surface area contributed by atoms with Crippen LogP contribution in [0.15, 0.2) is 42.5 Å². The number of benzene rings is 2. The van der Waals surface area contributed by atoms with Gasteiger partial charge >= 0.3 is 6.18 Å². The van der Waals surface area contributed by atoms with Crippen molar-refractivity contribution in [3.63, 3.8) is 0 Å². The molecular formula is C22H23F3N2O4. The van der Waals surface area contributed by atoms with E-state index in [-0.39, 0.29) is 18.9 Å². The third-order valence-electron chi connectivity index (χ3n) is 5.25. The van der Waals surface area contributed by atoms with Gasteiger partial charge in [-0.2, -0.15) is 13.2 Å². The van der Waals surface area contributed by atoms with Crippen LogP contribution in [-0.4, -0.2) is 32.6 Å². The summed E-state index contributed by atoms with van der Waals surface area (Å²) in [7, 11) is 2.99. The highest BCUT2D eigenvalue weighted by atomic mass is 19.4. The molecule has 2 aromatic rings. The number of rotatable bonds is 6. The predicted molar refractivity (Wildman–Crippen MR) is 108 cm³/mol. The molecule has 9 heteroatoms. The second-order valence-corrected chi connectivity index (χ2v) is 7.30. The Balaban J connectivity index is 1.71. The molecule has 1 heterocycles. The van der Waals surface area contributed by atoms with Crippen molar-refractivity contribution < 1.29 is 32.2 Å². The molecule has 2 amide bonds. The molecule has 3 rings (SSSR count). The highest BCUT2D eigenvalue weighted by molar-refractivity contribution is 6.01. The lowest BCUT2D eigenvalue weighted by Gasteiger charge is -2.21. The van der Waals surface area contributed by atoms with Gasteiger partial charge in [-0.3, -0.25) is 9.59 Å². The summed E-state index contributed by atoms with van der Waals surface area (Å²) in [6.45, 7) is 1.75. The van der Waals surface area contributed by atoms with E-state index in [9.17, 15) is 22.8 Å². The molecule has 2 atom stereocenters. The Morgan fingerprint density at radius 2 is 1.90 bits per heavy atom. The molecular weight excluding hydrogens is 413 g/mol. The molecule has 0 aliphatic carbocycles. The lowest BCUT2D eigenvalue weighted by molar-refractivity contribution is -0.137. The SMILES string of the molecule is COc1ccc(N2C[C@@H](C(=O)N[C@@H](C)c3cccc(C(F)(F)F)c3)CC2=O)c(OC)c1. The minimum Gasteiger partial charge on any atom is -0.497 e. The molecule has 0 radical (unpaired) electrons. The van der Waals surface area contributed by atoms with Crippen molar-refractivity contribution in [1.82, 2.24) is 5.32 Å². The van der Waals surface area contributed by atoms with E-state index in [4.69, 9.17) is 9.47 Å². The van der Waals surface area contributed by atoms with E-state index in [1.54, 1.807) is 25.1 Å². The molecule has 1 saturated heterocycles. The third-order valence-corrected chi connectivity index (χ3v) is 5.25. The largest absolute Gasteiger partial charge is 0.497 e. The van der Waals surface area contributed by atoms with Crippen LogP contribution in [0.3, 0.4) is 0 Å². The number of ether oxygens (including phenoxy) is 2. The van der Waals surface area contributed by atoms with E-state index >= 15 is 0 Å². The minimum atomic E-state index is -4.46. The Kier molecular flexibility index (Phi) is 6.42. The molecule has 0 unspecified atom stereocenters. The van der Waals surface area contributed by atoms with Crippen molar-refractivity contribution in [2.45, 2.75) is 25.6 Å². The first-order chi connectivity index (χ1) is 14.6. The van der Waals surface area contributed by atoms with Crippen LogP contribution in [0.5, 0.6) is 11.5 Å². The van der Waals surface area contributed by atoms with Crippen molar-refractivity contribution in [3.05, 3.63) is 53.6 Å². The minimum absolute atomic E-state index is 0.00364. The van der Waals surface area contributed by atoms with Crippen LogP contribution >= 0.6 is 0 Å². The monoisotopic (exact) mass is 436 g/mol. The fourth-order valence-corrected chi connectivity index (χ4v) is 3.52. The van der Waals surface area contributed by atoms with Gasteiger partial charge in [0.2, 0.25) is 11.8 Å². The van der Waals surface area contributed by atoms with Gasteiger partial charge in [-0.25, -0.2) is 0 Å². The summed E-state index contributed by atoms with van der Waals surface area (Å²) in [4.78, 5) is 26.8. The average molecular weight is 436 g/mol. The molecule has 166 valence electrons. The summed E-state index contributed by atoms with van der Waals surface area (Å²) in [6, 6.07) is 9.19. The lowest BCUT2D eigenvalue weighted by atomic mass is 10.0. The number of anilines is 1. The Hall–Kier alpha value is -3.23. The van der Waals surface area contributed by atoms with Gasteiger partial charge in [-0.15, -0.1) is 0 Å². The molecule has 0 spiro atoms. The van der Waals surface area contributed by atoms with E-state index in [0.717, 1.165) is 12.1 Å². The normalized spacial score (nSPS) is 17.4. The smallest absolute Gasteiger partial charge is 0.416 e. The average Bonchev–Trinajstić information content (AvgIpc) is 3.14. The molecule has 0 bridgehead atoms. The first-order valence-electron chi connectivity index (χ1n) is 9.64. The summed E-state index contributed by atoms with van der Waals surface area (Å²) in [5.74, 6) is -0.265. The van der Waals surface area contributed by atoms with Gasteiger partial charge in [0.15, 0.2) is 0 Å². The Morgan fingerprint density at radius 1 is 1.16 bits per heavy atom. The van der Waals surface area contributed by atoms with Gasteiger partial charge in [0.25, 0.3) is 0 Å².